The van der Waals surface area contributed by atoms with E-state index < -0.39 is 0 Å². The fraction of sp³-hybridized carbons (Fsp3) is 0.438. The zero-order valence-corrected chi connectivity index (χ0v) is 15.6. The topological polar surface area (TPSA) is 85.8 Å². The summed E-state index contributed by atoms with van der Waals surface area (Å²) in [4.78, 5) is 28.6. The number of carbonyl (C=O) groups is 2. The average molecular weight is 386 g/mol. The van der Waals surface area contributed by atoms with Crippen LogP contribution in [0.2, 0.25) is 10.0 Å². The molecule has 7 nitrogen and oxygen atoms in total. The van der Waals surface area contributed by atoms with Crippen LogP contribution in [0, 0.1) is 0 Å². The van der Waals surface area contributed by atoms with Crippen molar-refractivity contribution >= 4 is 41.1 Å². The zero-order chi connectivity index (χ0) is 18.4. The van der Waals surface area contributed by atoms with E-state index in [0.29, 0.717) is 29.1 Å². The minimum atomic E-state index is -0.375. The SMILES string of the molecule is CCNC(=NCCN1C(=O)CNC1=O)NC(C)c1ccc(Cl)cc1Cl. The molecule has 0 bridgehead atoms. The number of hydrogen-bond acceptors (Lipinski definition) is 3. The predicted octanol–water partition coefficient (Wildman–Crippen LogP) is 2.16. The third kappa shape index (κ3) is 5.24. The number of rotatable bonds is 6. The molecule has 9 heteroatoms. The number of urea groups is 1. The molecule has 0 spiro atoms. The van der Waals surface area contributed by atoms with Gasteiger partial charge in [-0.1, -0.05) is 29.3 Å². The summed E-state index contributed by atoms with van der Waals surface area (Å²) in [6, 6.07) is 4.86. The van der Waals surface area contributed by atoms with E-state index in [4.69, 9.17) is 23.2 Å². The molecule has 3 N–H and O–H groups in total. The van der Waals surface area contributed by atoms with Gasteiger partial charge in [-0.25, -0.2) is 4.79 Å². The maximum atomic E-state index is 11.6. The van der Waals surface area contributed by atoms with Gasteiger partial charge in [0.05, 0.1) is 25.7 Å². The van der Waals surface area contributed by atoms with Gasteiger partial charge in [0, 0.05) is 16.6 Å². The van der Waals surface area contributed by atoms with Crippen LogP contribution in [0.15, 0.2) is 23.2 Å². The first kappa shape index (κ1) is 19.3. The molecule has 1 aliphatic rings. The summed E-state index contributed by atoms with van der Waals surface area (Å²) in [6.45, 7) is 5.17. The molecule has 25 heavy (non-hydrogen) atoms. The molecular formula is C16H21Cl2N5O2. The van der Waals surface area contributed by atoms with Crippen LogP contribution in [-0.4, -0.2) is 49.0 Å². The highest BCUT2D eigenvalue weighted by atomic mass is 35.5. The third-order valence-electron chi connectivity index (χ3n) is 3.66. The molecule has 1 heterocycles. The van der Waals surface area contributed by atoms with Crippen LogP contribution < -0.4 is 16.0 Å². The van der Waals surface area contributed by atoms with Crippen LogP contribution in [-0.2, 0) is 4.79 Å². The van der Waals surface area contributed by atoms with E-state index in [2.05, 4.69) is 20.9 Å². The smallest absolute Gasteiger partial charge is 0.324 e. The number of imide groups is 1. The second kappa shape index (κ2) is 8.92. The van der Waals surface area contributed by atoms with Gasteiger partial charge >= 0.3 is 6.03 Å². The van der Waals surface area contributed by atoms with E-state index in [1.165, 1.54) is 0 Å². The van der Waals surface area contributed by atoms with Crippen LogP contribution >= 0.6 is 23.2 Å². The summed E-state index contributed by atoms with van der Waals surface area (Å²) in [5, 5.41) is 10.0. The van der Waals surface area contributed by atoms with Gasteiger partial charge in [-0.15, -0.1) is 0 Å². The van der Waals surface area contributed by atoms with Crippen molar-refractivity contribution in [3.05, 3.63) is 33.8 Å². The Bertz CT molecular complexity index is 664. The molecule has 1 saturated heterocycles. The van der Waals surface area contributed by atoms with Crippen LogP contribution in [0.5, 0.6) is 0 Å². The highest BCUT2D eigenvalue weighted by Crippen LogP contribution is 2.25. The molecule has 2 rings (SSSR count). The fourth-order valence-electron chi connectivity index (χ4n) is 2.40. The summed E-state index contributed by atoms with van der Waals surface area (Å²) in [5.74, 6) is 0.340. The lowest BCUT2D eigenvalue weighted by Gasteiger charge is -2.19. The summed E-state index contributed by atoms with van der Waals surface area (Å²) >= 11 is 12.2. The van der Waals surface area contributed by atoms with Gasteiger partial charge in [-0.05, 0) is 31.5 Å². The number of halogens is 2. The third-order valence-corrected chi connectivity index (χ3v) is 4.22. The molecule has 136 valence electrons. The van der Waals surface area contributed by atoms with E-state index in [1.54, 1.807) is 12.1 Å². The Labute approximate surface area is 156 Å². The first-order chi connectivity index (χ1) is 11.9. The minimum absolute atomic E-state index is 0.0486. The lowest BCUT2D eigenvalue weighted by Crippen LogP contribution is -2.40. The van der Waals surface area contributed by atoms with Gasteiger partial charge in [-0.2, -0.15) is 0 Å². The second-order valence-corrected chi connectivity index (χ2v) is 6.34. The van der Waals surface area contributed by atoms with Gasteiger partial charge in [0.2, 0.25) is 5.91 Å². The number of guanidine groups is 1. The summed E-state index contributed by atoms with van der Waals surface area (Å²) in [5.41, 5.74) is 0.894. The molecule has 0 radical (unpaired) electrons. The highest BCUT2D eigenvalue weighted by molar-refractivity contribution is 6.35. The Balaban J connectivity index is 1.99. The fourth-order valence-corrected chi connectivity index (χ4v) is 2.97. The van der Waals surface area contributed by atoms with Gasteiger partial charge in [0.15, 0.2) is 5.96 Å². The Morgan fingerprint density at radius 1 is 1.40 bits per heavy atom. The van der Waals surface area contributed by atoms with Gasteiger partial charge < -0.3 is 16.0 Å². The molecule has 1 aromatic rings. The van der Waals surface area contributed by atoms with Crippen molar-refractivity contribution in [1.29, 1.82) is 0 Å². The summed E-state index contributed by atoms with van der Waals surface area (Å²) in [7, 11) is 0. The van der Waals surface area contributed by atoms with Gasteiger partial charge in [0.25, 0.3) is 0 Å². The Kier molecular flexibility index (Phi) is 6.90. The summed E-state index contributed by atoms with van der Waals surface area (Å²) < 4.78 is 0. The number of nitrogens with zero attached hydrogens (tertiary/aromatic N) is 2. The molecule has 0 saturated carbocycles. The highest BCUT2D eigenvalue weighted by Gasteiger charge is 2.27. The van der Waals surface area contributed by atoms with Gasteiger partial charge in [-0.3, -0.25) is 14.7 Å². The standard InChI is InChI=1S/C16H21Cl2N5O2/c1-3-19-15(20-6-7-23-14(24)9-21-16(23)25)22-10(2)12-5-4-11(17)8-13(12)18/h4-5,8,10H,3,6-7,9H2,1-2H3,(H,21,25)(H2,19,20,22). The van der Waals surface area contributed by atoms with Crippen molar-refractivity contribution in [3.8, 4) is 0 Å². The molecule has 1 fully saturated rings. The molecule has 1 atom stereocenters. The molecule has 0 aromatic heterocycles. The first-order valence-corrected chi connectivity index (χ1v) is 8.76. The van der Waals surface area contributed by atoms with Crippen molar-refractivity contribution in [3.63, 3.8) is 0 Å². The maximum absolute atomic E-state index is 11.6. The van der Waals surface area contributed by atoms with Crippen LogP contribution in [0.25, 0.3) is 0 Å². The Morgan fingerprint density at radius 2 is 2.16 bits per heavy atom. The maximum Gasteiger partial charge on any atom is 0.324 e. The largest absolute Gasteiger partial charge is 0.357 e. The van der Waals surface area contributed by atoms with Crippen LogP contribution in [0.1, 0.15) is 25.5 Å². The van der Waals surface area contributed by atoms with Crippen molar-refractivity contribution in [2.45, 2.75) is 19.9 Å². The molecule has 1 aliphatic heterocycles. The lowest BCUT2D eigenvalue weighted by molar-refractivity contribution is -0.124. The van der Waals surface area contributed by atoms with E-state index in [9.17, 15) is 9.59 Å². The Morgan fingerprint density at radius 3 is 2.76 bits per heavy atom. The molecule has 1 unspecified atom stereocenters. The van der Waals surface area contributed by atoms with E-state index >= 15 is 0 Å². The molecular weight excluding hydrogens is 365 g/mol. The van der Waals surface area contributed by atoms with Crippen molar-refractivity contribution < 1.29 is 9.59 Å². The normalized spacial score (nSPS) is 16.0. The summed E-state index contributed by atoms with van der Waals surface area (Å²) in [6.07, 6.45) is 0. The average Bonchev–Trinajstić information content (AvgIpc) is 2.86. The predicted molar refractivity (Wildman–Crippen MR) is 99.1 cm³/mol. The minimum Gasteiger partial charge on any atom is -0.357 e. The Hall–Kier alpha value is -1.99. The number of carbonyl (C=O) groups excluding carboxylic acids is 2. The number of benzene rings is 1. The lowest BCUT2D eigenvalue weighted by atomic mass is 10.1. The number of amides is 3. The zero-order valence-electron chi connectivity index (χ0n) is 14.1. The molecule has 0 aliphatic carbocycles. The van der Waals surface area contributed by atoms with Crippen LogP contribution in [0.3, 0.4) is 0 Å². The number of hydrogen-bond donors (Lipinski definition) is 3. The molecule has 1 aromatic carbocycles. The van der Waals surface area contributed by atoms with Crippen LogP contribution in [0.4, 0.5) is 4.79 Å². The van der Waals surface area contributed by atoms with E-state index in [1.807, 2.05) is 19.9 Å². The van der Waals surface area contributed by atoms with E-state index in [0.717, 1.165) is 10.5 Å². The van der Waals surface area contributed by atoms with Crippen molar-refractivity contribution in [1.82, 2.24) is 20.9 Å². The monoisotopic (exact) mass is 385 g/mol. The quantitative estimate of drug-likeness (QED) is 0.397. The van der Waals surface area contributed by atoms with E-state index in [-0.39, 0.29) is 31.1 Å². The second-order valence-electron chi connectivity index (χ2n) is 5.50. The number of nitrogens with one attached hydrogen (secondary N) is 3. The first-order valence-electron chi connectivity index (χ1n) is 8.00. The molecule has 3 amide bonds. The van der Waals surface area contributed by atoms with Gasteiger partial charge in [0.1, 0.15) is 0 Å². The van der Waals surface area contributed by atoms with Crippen molar-refractivity contribution in [2.24, 2.45) is 4.99 Å². The number of aliphatic imine (C=N–C) groups is 1. The van der Waals surface area contributed by atoms with Crippen molar-refractivity contribution in [2.75, 3.05) is 26.2 Å².